The summed E-state index contributed by atoms with van der Waals surface area (Å²) in [6.07, 6.45) is 4.39. The van der Waals surface area contributed by atoms with Crippen LogP contribution in [0.25, 0.3) is 0 Å². The van der Waals surface area contributed by atoms with Crippen LogP contribution in [0.3, 0.4) is 0 Å². The number of rotatable bonds is 4. The van der Waals surface area contributed by atoms with E-state index in [0.717, 1.165) is 18.5 Å². The predicted molar refractivity (Wildman–Crippen MR) is 73.0 cm³/mol. The van der Waals surface area contributed by atoms with Crippen molar-refractivity contribution in [2.75, 3.05) is 11.9 Å². The first-order valence-corrected chi connectivity index (χ1v) is 6.76. The fraction of sp³-hybridized carbons (Fsp3) is 0.467. The number of carbonyl (C=O) groups excluding carboxylic acids is 2. The first kappa shape index (κ1) is 13.6. The molecule has 1 aromatic rings. The van der Waals surface area contributed by atoms with Crippen LogP contribution in [0.5, 0.6) is 0 Å². The fourth-order valence-corrected chi connectivity index (χ4v) is 2.36. The number of fused-ring (bicyclic) bond motifs is 1. The average Bonchev–Trinajstić information content (AvgIpc) is 2.38. The number of hydrogen-bond acceptors (Lipinski definition) is 3. The van der Waals surface area contributed by atoms with Crippen LogP contribution in [-0.4, -0.2) is 18.5 Å². The van der Waals surface area contributed by atoms with Crippen LogP contribution in [0.2, 0.25) is 0 Å². The Morgan fingerprint density at radius 2 is 1.95 bits per heavy atom. The van der Waals surface area contributed by atoms with E-state index < -0.39 is 5.97 Å². The Morgan fingerprint density at radius 3 is 2.68 bits per heavy atom. The van der Waals surface area contributed by atoms with Gasteiger partial charge in [-0.2, -0.15) is 0 Å². The van der Waals surface area contributed by atoms with Crippen molar-refractivity contribution < 1.29 is 14.3 Å². The van der Waals surface area contributed by atoms with Crippen LogP contribution in [0.1, 0.15) is 37.3 Å². The molecule has 0 aliphatic heterocycles. The van der Waals surface area contributed by atoms with Crippen molar-refractivity contribution in [3.05, 3.63) is 29.3 Å². The van der Waals surface area contributed by atoms with E-state index in [0.29, 0.717) is 6.61 Å². The topological polar surface area (TPSA) is 55.4 Å². The molecule has 19 heavy (non-hydrogen) atoms. The summed E-state index contributed by atoms with van der Waals surface area (Å²) < 4.78 is 4.74. The molecule has 4 heteroatoms. The average molecular weight is 261 g/mol. The van der Waals surface area contributed by atoms with Crippen molar-refractivity contribution in [3.63, 3.8) is 0 Å². The molecule has 1 N–H and O–H groups in total. The minimum atomic E-state index is -0.488. The van der Waals surface area contributed by atoms with Gasteiger partial charge in [0.15, 0.2) is 0 Å². The lowest BCUT2D eigenvalue weighted by Crippen LogP contribution is -2.18. The summed E-state index contributed by atoms with van der Waals surface area (Å²) in [4.78, 5) is 22.8. The Morgan fingerprint density at radius 1 is 1.21 bits per heavy atom. The van der Waals surface area contributed by atoms with Crippen molar-refractivity contribution in [1.29, 1.82) is 0 Å². The number of anilines is 1. The normalized spacial score (nSPS) is 13.5. The lowest BCUT2D eigenvalue weighted by Gasteiger charge is -2.16. The third-order valence-electron chi connectivity index (χ3n) is 3.24. The quantitative estimate of drug-likeness (QED) is 0.669. The first-order chi connectivity index (χ1) is 9.19. The fourth-order valence-electron chi connectivity index (χ4n) is 2.36. The van der Waals surface area contributed by atoms with Crippen LogP contribution in [0.15, 0.2) is 18.2 Å². The van der Waals surface area contributed by atoms with Gasteiger partial charge in [0.25, 0.3) is 0 Å². The molecule has 0 fully saturated rings. The third kappa shape index (κ3) is 3.81. The molecule has 4 nitrogen and oxygen atoms in total. The highest BCUT2D eigenvalue weighted by atomic mass is 16.5. The number of carbonyl (C=O) groups is 2. The molecule has 1 amide bonds. The van der Waals surface area contributed by atoms with Gasteiger partial charge in [-0.15, -0.1) is 0 Å². The maximum absolute atomic E-state index is 11.7. The molecule has 0 radical (unpaired) electrons. The number of ether oxygens (including phenoxy) is 1. The molecule has 0 bridgehead atoms. The Balaban J connectivity index is 1.95. The summed E-state index contributed by atoms with van der Waals surface area (Å²) in [6, 6.07) is 5.97. The first-order valence-electron chi connectivity index (χ1n) is 6.76. The summed E-state index contributed by atoms with van der Waals surface area (Å²) >= 11 is 0. The van der Waals surface area contributed by atoms with Gasteiger partial charge >= 0.3 is 5.97 Å². The van der Waals surface area contributed by atoms with Crippen molar-refractivity contribution in [2.24, 2.45) is 0 Å². The van der Waals surface area contributed by atoms with Crippen molar-refractivity contribution in [3.8, 4) is 0 Å². The molecule has 0 aromatic heterocycles. The number of nitrogens with one attached hydrogen (secondary N) is 1. The molecule has 0 unspecified atom stereocenters. The van der Waals surface area contributed by atoms with Gasteiger partial charge in [0.2, 0.25) is 5.91 Å². The molecule has 1 aliphatic rings. The van der Waals surface area contributed by atoms with E-state index >= 15 is 0 Å². The van der Waals surface area contributed by atoms with Crippen LogP contribution < -0.4 is 5.32 Å². The molecule has 0 heterocycles. The summed E-state index contributed by atoms with van der Waals surface area (Å²) in [5, 5.41) is 2.74. The second-order valence-electron chi connectivity index (χ2n) is 4.72. The van der Waals surface area contributed by atoms with Crippen LogP contribution in [0, 0.1) is 0 Å². The smallest absolute Gasteiger partial charge is 0.315 e. The Bertz CT molecular complexity index is 482. The van der Waals surface area contributed by atoms with E-state index in [9.17, 15) is 9.59 Å². The van der Waals surface area contributed by atoms with E-state index in [4.69, 9.17) is 4.74 Å². The van der Waals surface area contributed by atoms with Gasteiger partial charge in [-0.05, 0) is 55.9 Å². The Labute approximate surface area is 113 Å². The van der Waals surface area contributed by atoms with Gasteiger partial charge in [-0.25, -0.2) is 0 Å². The Hall–Kier alpha value is -1.84. The highest BCUT2D eigenvalue weighted by Gasteiger charge is 2.13. The zero-order valence-corrected chi connectivity index (χ0v) is 11.2. The number of benzene rings is 1. The zero-order chi connectivity index (χ0) is 13.7. The lowest BCUT2D eigenvalue weighted by molar-refractivity contribution is -0.145. The maximum Gasteiger partial charge on any atom is 0.315 e. The number of amides is 1. The van der Waals surface area contributed by atoms with Crippen LogP contribution >= 0.6 is 0 Å². The SMILES string of the molecule is CCOC(=O)CC(=O)Nc1ccc2c(c1)CCCC2. The molecule has 2 rings (SSSR count). The predicted octanol–water partition coefficient (Wildman–Crippen LogP) is 2.46. The van der Waals surface area contributed by atoms with E-state index in [-0.39, 0.29) is 12.3 Å². The minimum Gasteiger partial charge on any atom is -0.466 e. The molecular formula is C15H19NO3. The number of hydrogen-bond donors (Lipinski definition) is 1. The minimum absolute atomic E-state index is 0.231. The van der Waals surface area contributed by atoms with Crippen molar-refractivity contribution in [1.82, 2.24) is 0 Å². The highest BCUT2D eigenvalue weighted by Crippen LogP contribution is 2.24. The van der Waals surface area contributed by atoms with Gasteiger partial charge < -0.3 is 10.1 Å². The van der Waals surface area contributed by atoms with Crippen molar-refractivity contribution >= 4 is 17.6 Å². The van der Waals surface area contributed by atoms with Gasteiger partial charge in [0, 0.05) is 5.69 Å². The summed E-state index contributed by atoms with van der Waals surface area (Å²) in [6.45, 7) is 2.02. The lowest BCUT2D eigenvalue weighted by atomic mass is 9.91. The summed E-state index contributed by atoms with van der Waals surface area (Å²) in [5.41, 5.74) is 3.43. The van der Waals surface area contributed by atoms with E-state index in [1.807, 2.05) is 12.1 Å². The largest absolute Gasteiger partial charge is 0.466 e. The molecule has 0 saturated heterocycles. The number of esters is 1. The van der Waals surface area contributed by atoms with Gasteiger partial charge in [0.1, 0.15) is 6.42 Å². The monoisotopic (exact) mass is 261 g/mol. The van der Waals surface area contributed by atoms with Gasteiger partial charge in [0.05, 0.1) is 6.61 Å². The standard InChI is InChI=1S/C15H19NO3/c1-2-19-15(18)10-14(17)16-13-8-7-11-5-3-4-6-12(11)9-13/h7-9H,2-6,10H2,1H3,(H,16,17). The van der Waals surface area contributed by atoms with E-state index in [1.165, 1.54) is 24.0 Å². The van der Waals surface area contributed by atoms with Gasteiger partial charge in [-0.1, -0.05) is 6.07 Å². The van der Waals surface area contributed by atoms with E-state index in [1.54, 1.807) is 6.92 Å². The summed E-state index contributed by atoms with van der Waals surface area (Å²) in [5.74, 6) is -0.813. The third-order valence-corrected chi connectivity index (χ3v) is 3.24. The Kier molecular flexibility index (Phi) is 4.55. The van der Waals surface area contributed by atoms with Crippen molar-refractivity contribution in [2.45, 2.75) is 39.0 Å². The molecular weight excluding hydrogens is 242 g/mol. The summed E-state index contributed by atoms with van der Waals surface area (Å²) in [7, 11) is 0. The van der Waals surface area contributed by atoms with Gasteiger partial charge in [-0.3, -0.25) is 9.59 Å². The molecule has 0 atom stereocenters. The zero-order valence-electron chi connectivity index (χ0n) is 11.2. The maximum atomic E-state index is 11.7. The highest BCUT2D eigenvalue weighted by molar-refractivity contribution is 6.01. The second-order valence-corrected chi connectivity index (χ2v) is 4.72. The molecule has 0 spiro atoms. The number of aryl methyl sites for hydroxylation is 2. The molecule has 1 aromatic carbocycles. The second kappa shape index (κ2) is 6.36. The van der Waals surface area contributed by atoms with Crippen LogP contribution in [0.4, 0.5) is 5.69 Å². The van der Waals surface area contributed by atoms with Crippen LogP contribution in [-0.2, 0) is 27.2 Å². The van der Waals surface area contributed by atoms with E-state index in [2.05, 4.69) is 11.4 Å². The molecule has 102 valence electrons. The molecule has 1 aliphatic carbocycles. The molecule has 0 saturated carbocycles.